The van der Waals surface area contributed by atoms with Gasteiger partial charge in [0.2, 0.25) is 5.82 Å². The zero-order valence-electron chi connectivity index (χ0n) is 18.4. The number of furan rings is 1. The lowest BCUT2D eigenvalue weighted by Gasteiger charge is -2.07. The Morgan fingerprint density at radius 1 is 1.06 bits per heavy atom. The quantitative estimate of drug-likeness (QED) is 0.234. The number of hydrogen-bond donors (Lipinski definition) is 0. The van der Waals surface area contributed by atoms with Gasteiger partial charge >= 0.3 is 0 Å². The maximum atomic E-state index is 13.5. The molecule has 6 rings (SSSR count). The monoisotopic (exact) mass is 476 g/mol. The molecule has 3 heterocycles. The molecule has 168 valence electrons. The molecule has 0 saturated carbocycles. The van der Waals surface area contributed by atoms with Gasteiger partial charge in [-0.3, -0.25) is 4.79 Å². The summed E-state index contributed by atoms with van der Waals surface area (Å²) in [6.45, 7) is 0.429. The molecule has 6 aromatic rings. The molecule has 0 fully saturated rings. The summed E-state index contributed by atoms with van der Waals surface area (Å²) in [6.07, 6.45) is 9.12. The summed E-state index contributed by atoms with van der Waals surface area (Å²) < 4.78 is 9.28. The number of nitrogens with zero attached hydrogens (tertiary/aromatic N) is 4. The zero-order chi connectivity index (χ0) is 23.9. The number of terminal acetylenes is 1. The third-order valence-electron chi connectivity index (χ3n) is 5.85. The Labute approximate surface area is 204 Å². The van der Waals surface area contributed by atoms with Gasteiger partial charge in [0.25, 0.3) is 5.56 Å². The van der Waals surface area contributed by atoms with Gasteiger partial charge in [-0.2, -0.15) is 9.78 Å². The number of rotatable bonds is 4. The molecule has 0 N–H and O–H groups in total. The number of aromatic nitrogens is 3. The first-order chi connectivity index (χ1) is 17.1. The molecule has 0 saturated heterocycles. The lowest BCUT2D eigenvalue weighted by atomic mass is 10.2. The van der Waals surface area contributed by atoms with E-state index < -0.39 is 0 Å². The normalized spacial score (nSPS) is 11.7. The lowest BCUT2D eigenvalue weighted by molar-refractivity contribution is 0.616. The Hall–Kier alpha value is -4.60. The number of fused-ring (bicyclic) bond motifs is 3. The van der Waals surface area contributed by atoms with Crippen LogP contribution in [0.5, 0.6) is 0 Å². The molecule has 35 heavy (non-hydrogen) atoms. The first-order valence-electron chi connectivity index (χ1n) is 10.9. The Bertz CT molecular complexity index is 1890. The van der Waals surface area contributed by atoms with Gasteiger partial charge in [0.15, 0.2) is 5.76 Å². The number of halogens is 1. The Kier molecular flexibility index (Phi) is 4.98. The summed E-state index contributed by atoms with van der Waals surface area (Å²) in [6, 6.07) is 22.2. The molecule has 7 heteroatoms. The second-order valence-electron chi connectivity index (χ2n) is 8.04. The predicted octanol–water partition coefficient (Wildman–Crippen LogP) is 5.93. The molecule has 0 radical (unpaired) electrons. The van der Waals surface area contributed by atoms with Crippen molar-refractivity contribution in [2.75, 3.05) is 0 Å². The van der Waals surface area contributed by atoms with E-state index in [1.807, 2.05) is 47.2 Å². The molecular formula is C28H17ClN4O2. The van der Waals surface area contributed by atoms with Crippen LogP contribution in [0.15, 0.2) is 93.3 Å². The topological polar surface area (TPSA) is 65.3 Å². The average Bonchev–Trinajstić information content (AvgIpc) is 3.45. The van der Waals surface area contributed by atoms with Crippen LogP contribution in [0.3, 0.4) is 0 Å². The van der Waals surface area contributed by atoms with Gasteiger partial charge in [-0.25, -0.2) is 4.98 Å². The molecular weight excluding hydrogens is 460 g/mol. The van der Waals surface area contributed by atoms with Crippen LogP contribution in [0.4, 0.5) is 0 Å². The summed E-state index contributed by atoms with van der Waals surface area (Å²) in [7, 11) is 0. The van der Waals surface area contributed by atoms with Gasteiger partial charge in [0.1, 0.15) is 5.58 Å². The highest BCUT2D eigenvalue weighted by Gasteiger charge is 2.17. The van der Waals surface area contributed by atoms with E-state index in [-0.39, 0.29) is 5.56 Å². The second-order valence-corrected chi connectivity index (χ2v) is 8.48. The summed E-state index contributed by atoms with van der Waals surface area (Å²) in [5.41, 5.74) is 2.72. The van der Waals surface area contributed by atoms with Crippen molar-refractivity contribution in [3.05, 3.63) is 99.9 Å². The van der Waals surface area contributed by atoms with Crippen LogP contribution in [0.2, 0.25) is 5.02 Å². The van der Waals surface area contributed by atoms with Crippen molar-refractivity contribution in [1.29, 1.82) is 0 Å². The molecule has 0 aliphatic rings. The van der Waals surface area contributed by atoms with Crippen molar-refractivity contribution in [3.8, 4) is 23.9 Å². The molecule has 0 aliphatic carbocycles. The maximum Gasteiger partial charge on any atom is 0.282 e. The summed E-state index contributed by atoms with van der Waals surface area (Å²) in [5, 5.41) is 7.42. The van der Waals surface area contributed by atoms with Crippen LogP contribution in [-0.2, 0) is 6.54 Å². The van der Waals surface area contributed by atoms with Crippen molar-refractivity contribution in [1.82, 2.24) is 14.2 Å². The standard InChI is InChI=1S/C28H17ClN4O2/c1-2-13-32-17-19(21-7-4-6-10-24(21)32)16-30-33-27(31-23-9-5-3-8-22(23)28(33)34)26-15-18-14-20(29)11-12-25(18)35-26/h1,3-12,14-17H,13H2. The van der Waals surface area contributed by atoms with Gasteiger partial charge in [-0.1, -0.05) is 47.9 Å². The minimum absolute atomic E-state index is 0.296. The predicted molar refractivity (Wildman–Crippen MR) is 140 cm³/mol. The van der Waals surface area contributed by atoms with E-state index in [1.165, 1.54) is 4.68 Å². The van der Waals surface area contributed by atoms with Crippen LogP contribution in [-0.4, -0.2) is 20.4 Å². The van der Waals surface area contributed by atoms with E-state index in [2.05, 4.69) is 11.0 Å². The van der Waals surface area contributed by atoms with Crippen molar-refractivity contribution < 1.29 is 4.42 Å². The van der Waals surface area contributed by atoms with Crippen LogP contribution >= 0.6 is 11.6 Å². The lowest BCUT2D eigenvalue weighted by Crippen LogP contribution is -2.20. The first kappa shape index (κ1) is 21.0. The molecule has 3 aromatic carbocycles. The summed E-state index contributed by atoms with van der Waals surface area (Å²) in [4.78, 5) is 18.2. The largest absolute Gasteiger partial charge is 0.453 e. The Morgan fingerprint density at radius 2 is 1.86 bits per heavy atom. The smallest absolute Gasteiger partial charge is 0.282 e. The van der Waals surface area contributed by atoms with Gasteiger partial charge in [-0.05, 0) is 42.5 Å². The van der Waals surface area contributed by atoms with Crippen molar-refractivity contribution in [2.45, 2.75) is 6.54 Å². The average molecular weight is 477 g/mol. The van der Waals surface area contributed by atoms with Crippen molar-refractivity contribution in [3.63, 3.8) is 0 Å². The summed E-state index contributed by atoms with van der Waals surface area (Å²) in [5.74, 6) is 3.38. The van der Waals surface area contributed by atoms with E-state index >= 15 is 0 Å². The van der Waals surface area contributed by atoms with E-state index in [9.17, 15) is 4.79 Å². The molecule has 0 aliphatic heterocycles. The van der Waals surface area contributed by atoms with E-state index in [0.717, 1.165) is 21.9 Å². The molecule has 0 unspecified atom stereocenters. The third-order valence-corrected chi connectivity index (χ3v) is 6.08. The van der Waals surface area contributed by atoms with Crippen LogP contribution in [0.25, 0.3) is 44.4 Å². The SMILES string of the molecule is C#CCn1cc(C=Nn2c(-c3cc4cc(Cl)ccc4o3)nc3ccccc3c2=O)c2ccccc21. The molecule has 0 amide bonds. The fourth-order valence-electron chi connectivity index (χ4n) is 4.24. The molecule has 0 bridgehead atoms. The molecule has 3 aromatic heterocycles. The Morgan fingerprint density at radius 3 is 2.71 bits per heavy atom. The fraction of sp³-hybridized carbons (Fsp3) is 0.0357. The summed E-state index contributed by atoms with van der Waals surface area (Å²) >= 11 is 6.15. The highest BCUT2D eigenvalue weighted by molar-refractivity contribution is 6.31. The van der Waals surface area contributed by atoms with Crippen LogP contribution < -0.4 is 5.56 Å². The van der Waals surface area contributed by atoms with Crippen LogP contribution in [0, 0.1) is 12.3 Å². The first-order valence-corrected chi connectivity index (χ1v) is 11.3. The van der Waals surface area contributed by atoms with E-state index in [4.69, 9.17) is 27.4 Å². The minimum atomic E-state index is -0.298. The number of para-hydroxylation sites is 2. The highest BCUT2D eigenvalue weighted by Crippen LogP contribution is 2.29. The maximum absolute atomic E-state index is 13.5. The van der Waals surface area contributed by atoms with Gasteiger partial charge < -0.3 is 8.98 Å². The van der Waals surface area contributed by atoms with Crippen molar-refractivity contribution in [2.24, 2.45) is 5.10 Å². The molecule has 6 nitrogen and oxygen atoms in total. The molecule has 0 spiro atoms. The molecule has 0 atom stereocenters. The third kappa shape index (κ3) is 3.59. The van der Waals surface area contributed by atoms with Gasteiger partial charge in [0, 0.05) is 33.1 Å². The van der Waals surface area contributed by atoms with Crippen LogP contribution in [0.1, 0.15) is 5.56 Å². The van der Waals surface area contributed by atoms with E-state index in [0.29, 0.717) is 39.6 Å². The van der Waals surface area contributed by atoms with E-state index in [1.54, 1.807) is 42.6 Å². The number of hydrogen-bond acceptors (Lipinski definition) is 4. The number of benzene rings is 3. The fourth-order valence-corrected chi connectivity index (χ4v) is 4.42. The minimum Gasteiger partial charge on any atom is -0.453 e. The Balaban J connectivity index is 1.57. The zero-order valence-corrected chi connectivity index (χ0v) is 19.1. The van der Waals surface area contributed by atoms with Crippen molar-refractivity contribution >= 4 is 50.6 Å². The van der Waals surface area contributed by atoms with Gasteiger partial charge in [-0.15, -0.1) is 6.42 Å². The van der Waals surface area contributed by atoms with Gasteiger partial charge in [0.05, 0.1) is 23.7 Å². The highest BCUT2D eigenvalue weighted by atomic mass is 35.5. The second kappa shape index (κ2) is 8.32.